The Kier molecular flexibility index (Phi) is 77.3. The quantitative estimate of drug-likeness (QED) is 0.223. The van der Waals surface area contributed by atoms with Gasteiger partial charge in [-0.05, 0) is 0 Å². The molecule has 5 heteroatoms. The summed E-state index contributed by atoms with van der Waals surface area (Å²) in [5.41, 5.74) is 0. The molecule has 0 saturated carbocycles. The molecule has 0 aromatic rings. The van der Waals surface area contributed by atoms with Gasteiger partial charge in [0.15, 0.2) is 0 Å². The van der Waals surface area contributed by atoms with Crippen molar-refractivity contribution in [2.45, 2.75) is 0 Å². The van der Waals surface area contributed by atoms with Crippen LogP contribution >= 0.6 is 12.4 Å². The van der Waals surface area contributed by atoms with Crippen LogP contribution in [0.25, 0.3) is 0 Å². The number of hydrogen-bond acceptors (Lipinski definition) is 2. The molecule has 0 aliphatic rings. The zero-order valence-electron chi connectivity index (χ0n) is 1.72. The van der Waals surface area contributed by atoms with Crippen LogP contribution in [0.2, 0.25) is 0 Å². The van der Waals surface area contributed by atoms with E-state index in [1.54, 1.807) is 0 Å². The van der Waals surface area contributed by atoms with Gasteiger partial charge in [-0.2, -0.15) is 0 Å². The predicted octanol–water partition coefficient (Wildman–Crippen LogP) is -1.90. The fourth-order valence-corrected chi connectivity index (χ4v) is 0. The summed E-state index contributed by atoms with van der Waals surface area (Å²) < 4.78 is 0. The minimum atomic E-state index is 0. The monoisotopic (exact) mass is 107 g/mol. The van der Waals surface area contributed by atoms with Crippen molar-refractivity contribution in [1.82, 2.24) is 0 Å². The van der Waals surface area contributed by atoms with Gasteiger partial charge in [0, 0.05) is 5.34 Å². The first-order chi connectivity index (χ1) is 1.41. The summed E-state index contributed by atoms with van der Waals surface area (Å²) in [5, 5.41) is 8.38. The molecule has 0 fully saturated rings. The van der Waals surface area contributed by atoms with Gasteiger partial charge in [-0.3, -0.25) is 10.1 Å². The van der Waals surface area contributed by atoms with E-state index < -0.39 is 0 Å². The van der Waals surface area contributed by atoms with E-state index in [9.17, 15) is 0 Å². The predicted molar refractivity (Wildman–Crippen MR) is 22.1 cm³/mol. The molecule has 0 aliphatic carbocycles. The van der Waals surface area contributed by atoms with Crippen LogP contribution in [0.3, 0.4) is 0 Å². The zero-order valence-corrected chi connectivity index (χ0v) is 2.54. The molecule has 3 nitrogen and oxygen atoms in total. The summed E-state index contributed by atoms with van der Waals surface area (Å²) in [6.45, 7) is 0. The van der Waals surface area contributed by atoms with E-state index in [1.807, 2.05) is 0 Å². The number of rotatable bonds is 0. The number of halogens is 1. The Labute approximate surface area is 57.4 Å². The van der Waals surface area contributed by atoms with E-state index >= 15 is 0 Å². The Bertz CT molecular complexity index is 17.1. The maximum absolute atomic E-state index is 8.12. The molecule has 1 N–H and O–H groups in total. The molecular formula is H3ClNNaO2. The van der Waals surface area contributed by atoms with Gasteiger partial charge in [0.25, 0.3) is 0 Å². The van der Waals surface area contributed by atoms with E-state index in [1.165, 1.54) is 0 Å². The second kappa shape index (κ2) is 22.4. The molecule has 0 amide bonds. The standard InChI is InChI=1S/ClH.HNO2.Na.H/c;2-1-3;;/h1H;1H;;. The van der Waals surface area contributed by atoms with Crippen molar-refractivity contribution in [3.05, 3.63) is 10.1 Å². The van der Waals surface area contributed by atoms with Crippen molar-refractivity contribution in [2.24, 2.45) is 0 Å². The van der Waals surface area contributed by atoms with Crippen molar-refractivity contribution in [1.29, 1.82) is 0 Å². The van der Waals surface area contributed by atoms with Crippen LogP contribution in [0.4, 0.5) is 0 Å². The molecule has 0 bridgehead atoms. The first kappa shape index (κ1) is 17.3. The van der Waals surface area contributed by atoms with Gasteiger partial charge in [-0.15, -0.1) is 12.4 Å². The molecule has 0 aliphatic heterocycles. The van der Waals surface area contributed by atoms with Gasteiger partial charge >= 0.3 is 29.6 Å². The van der Waals surface area contributed by atoms with Crippen molar-refractivity contribution >= 4 is 42.0 Å². The van der Waals surface area contributed by atoms with Crippen LogP contribution in [-0.2, 0) is 0 Å². The van der Waals surface area contributed by atoms with E-state index in [2.05, 4.69) is 0 Å². The first-order valence-corrected chi connectivity index (χ1v) is 0.408. The summed E-state index contributed by atoms with van der Waals surface area (Å²) in [6.07, 6.45) is 0. The van der Waals surface area contributed by atoms with E-state index in [0.717, 1.165) is 0 Å². The average Bonchev–Trinajstić information content (AvgIpc) is 0.918. The molecular weight excluding hydrogens is 104 g/mol. The van der Waals surface area contributed by atoms with Crippen LogP contribution < -0.4 is 5.34 Å². The van der Waals surface area contributed by atoms with Crippen LogP contribution in [-0.4, -0.2) is 29.6 Å². The molecule has 0 unspecified atom stereocenters. The van der Waals surface area contributed by atoms with Gasteiger partial charge in [0.2, 0.25) is 0 Å². The summed E-state index contributed by atoms with van der Waals surface area (Å²) in [4.78, 5) is 8.12. The Balaban J connectivity index is -0.0000000200. The summed E-state index contributed by atoms with van der Waals surface area (Å²) in [6, 6.07) is 0. The third-order valence-corrected chi connectivity index (χ3v) is 0. The van der Waals surface area contributed by atoms with Crippen molar-refractivity contribution < 1.29 is 5.34 Å². The molecule has 0 atom stereocenters. The third-order valence-electron chi connectivity index (χ3n) is 0. The van der Waals surface area contributed by atoms with E-state index in [4.69, 9.17) is 10.1 Å². The fraction of sp³-hybridized carbons (Fsp3) is 0. The number of nitrogens with one attached hydrogen (secondary N) is 1. The molecule has 0 aromatic heterocycles. The molecule has 0 spiro atoms. The Morgan fingerprint density at radius 2 is 1.60 bits per heavy atom. The van der Waals surface area contributed by atoms with Crippen molar-refractivity contribution in [2.75, 3.05) is 0 Å². The van der Waals surface area contributed by atoms with Gasteiger partial charge < -0.3 is 0 Å². The SMILES string of the molecule is Cl.O=[NH+][O-].[NaH]. The van der Waals surface area contributed by atoms with Crippen molar-refractivity contribution in [3.63, 3.8) is 0 Å². The maximum atomic E-state index is 8.12. The fourth-order valence-electron chi connectivity index (χ4n) is 0. The Morgan fingerprint density at radius 1 is 1.60 bits per heavy atom. The van der Waals surface area contributed by atoms with E-state index in [-0.39, 0.29) is 47.3 Å². The van der Waals surface area contributed by atoms with Gasteiger partial charge in [-0.1, -0.05) is 0 Å². The number of hydrogen-bond donors (Lipinski definition) is 1. The average molecular weight is 107 g/mol. The summed E-state index contributed by atoms with van der Waals surface area (Å²) >= 11 is 0. The third kappa shape index (κ3) is 71.3. The van der Waals surface area contributed by atoms with Gasteiger partial charge in [0.1, 0.15) is 0 Å². The van der Waals surface area contributed by atoms with Crippen LogP contribution in [0, 0.1) is 10.1 Å². The second-order valence-electron chi connectivity index (χ2n) is 0.0833. The minimum absolute atomic E-state index is 0. The molecule has 0 heterocycles. The molecule has 28 valence electrons. The normalized spacial score (nSPS) is 2.40. The van der Waals surface area contributed by atoms with Gasteiger partial charge in [-0.25, -0.2) is 0 Å². The van der Waals surface area contributed by atoms with Crippen molar-refractivity contribution in [3.8, 4) is 0 Å². The first-order valence-electron chi connectivity index (χ1n) is 0.408. The van der Waals surface area contributed by atoms with Crippen LogP contribution in [0.15, 0.2) is 0 Å². The molecule has 0 rings (SSSR count). The molecule has 0 aromatic carbocycles. The van der Waals surface area contributed by atoms with Crippen LogP contribution in [0.5, 0.6) is 0 Å². The molecule has 0 radical (unpaired) electrons. The molecule has 0 saturated heterocycles. The topological polar surface area (TPSA) is 54.1 Å². The molecule has 5 heavy (non-hydrogen) atoms. The van der Waals surface area contributed by atoms with E-state index in [0.29, 0.717) is 0 Å². The zero-order chi connectivity index (χ0) is 2.71. The Hall–Kier alpha value is 0.690. The summed E-state index contributed by atoms with van der Waals surface area (Å²) in [7, 11) is 0. The second-order valence-corrected chi connectivity index (χ2v) is 0.0833. The van der Waals surface area contributed by atoms with Crippen LogP contribution in [0.1, 0.15) is 0 Å². The Morgan fingerprint density at radius 3 is 1.60 bits per heavy atom. The summed E-state index contributed by atoms with van der Waals surface area (Å²) in [5.74, 6) is 0. The van der Waals surface area contributed by atoms with Gasteiger partial charge in [0.05, 0.1) is 0 Å².